The number of amides is 1. The van der Waals surface area contributed by atoms with Crippen molar-refractivity contribution < 1.29 is 27.5 Å². The van der Waals surface area contributed by atoms with Crippen LogP contribution in [0.3, 0.4) is 0 Å². The van der Waals surface area contributed by atoms with Crippen molar-refractivity contribution in [3.05, 3.63) is 88.4 Å². The van der Waals surface area contributed by atoms with Crippen LogP contribution in [0, 0.1) is 0 Å². The number of halogens is 2. The van der Waals surface area contributed by atoms with Crippen molar-refractivity contribution in [2.45, 2.75) is 17.5 Å². The third-order valence-corrected chi connectivity index (χ3v) is 8.07. The second kappa shape index (κ2) is 10.9. The van der Waals surface area contributed by atoms with Crippen molar-refractivity contribution in [2.75, 3.05) is 25.1 Å². The summed E-state index contributed by atoms with van der Waals surface area (Å²) in [4.78, 5) is 26.9. The van der Waals surface area contributed by atoms with Crippen LogP contribution in [0.2, 0.25) is 10.0 Å². The van der Waals surface area contributed by atoms with Gasteiger partial charge in [-0.25, -0.2) is 13.2 Å². The fourth-order valence-corrected chi connectivity index (χ4v) is 5.90. The summed E-state index contributed by atoms with van der Waals surface area (Å²) in [5.74, 6) is -0.901. The number of ether oxygens (including phenoxy) is 2. The summed E-state index contributed by atoms with van der Waals surface area (Å²) in [5, 5.41) is 0.166. The fraction of sp³-hybridized carbons (Fsp3) is 0.200. The molecule has 11 heteroatoms. The van der Waals surface area contributed by atoms with E-state index in [0.717, 1.165) is 4.31 Å². The van der Waals surface area contributed by atoms with Gasteiger partial charge in [-0.1, -0.05) is 65.7 Å². The number of para-hydroxylation sites is 2. The highest BCUT2D eigenvalue weighted by Crippen LogP contribution is 2.34. The summed E-state index contributed by atoms with van der Waals surface area (Å²) in [7, 11) is -3.03. The Morgan fingerprint density at radius 1 is 1.06 bits per heavy atom. The molecule has 8 nitrogen and oxygen atoms in total. The summed E-state index contributed by atoms with van der Waals surface area (Å²) in [5.41, 5.74) is 1.09. The number of benzene rings is 3. The van der Waals surface area contributed by atoms with E-state index in [4.69, 9.17) is 32.7 Å². The predicted molar refractivity (Wildman–Crippen MR) is 136 cm³/mol. The van der Waals surface area contributed by atoms with Gasteiger partial charge in [-0.05, 0) is 35.9 Å². The molecule has 1 amide bonds. The van der Waals surface area contributed by atoms with Crippen LogP contribution in [0.1, 0.15) is 5.56 Å². The van der Waals surface area contributed by atoms with E-state index in [1.165, 1.54) is 30.2 Å². The molecule has 0 aliphatic carbocycles. The minimum atomic E-state index is -4.25. The Labute approximate surface area is 219 Å². The SMILES string of the molecule is COC(=O)C1CN(C(=O)CN(Cc2ccccc2)S(=O)(=O)c2cc(Cl)ccc2Cl)c2ccccc2O1. The van der Waals surface area contributed by atoms with E-state index in [0.29, 0.717) is 17.0 Å². The largest absolute Gasteiger partial charge is 0.475 e. The molecule has 3 aromatic rings. The molecular weight excluding hydrogens is 527 g/mol. The van der Waals surface area contributed by atoms with Crippen LogP contribution in [0.5, 0.6) is 5.75 Å². The number of sulfonamides is 1. The average molecular weight is 549 g/mol. The number of carbonyl (C=O) groups is 2. The third kappa shape index (κ3) is 5.49. The van der Waals surface area contributed by atoms with Gasteiger partial charge in [-0.15, -0.1) is 0 Å². The van der Waals surface area contributed by atoms with Crippen LogP contribution < -0.4 is 9.64 Å². The van der Waals surface area contributed by atoms with E-state index in [9.17, 15) is 18.0 Å². The molecule has 0 aromatic heterocycles. The fourth-order valence-electron chi connectivity index (χ4n) is 3.79. The molecule has 0 radical (unpaired) electrons. The predicted octanol–water partition coefficient (Wildman–Crippen LogP) is 4.15. The molecule has 0 N–H and O–H groups in total. The monoisotopic (exact) mass is 548 g/mol. The van der Waals surface area contributed by atoms with Crippen molar-refractivity contribution in [1.29, 1.82) is 0 Å². The van der Waals surface area contributed by atoms with Gasteiger partial charge in [0.15, 0.2) is 0 Å². The Kier molecular flexibility index (Phi) is 7.85. The van der Waals surface area contributed by atoms with Gasteiger partial charge in [0, 0.05) is 11.6 Å². The zero-order chi connectivity index (χ0) is 25.9. The second-order valence-electron chi connectivity index (χ2n) is 7.94. The molecule has 1 atom stereocenters. The molecule has 1 heterocycles. The summed E-state index contributed by atoms with van der Waals surface area (Å²) in [6, 6.07) is 19.7. The summed E-state index contributed by atoms with van der Waals surface area (Å²) >= 11 is 12.3. The molecule has 0 saturated carbocycles. The molecule has 3 aromatic carbocycles. The first-order valence-corrected chi connectivity index (χ1v) is 13.0. The molecule has 188 valence electrons. The molecule has 0 bridgehead atoms. The van der Waals surface area contributed by atoms with Crippen molar-refractivity contribution in [2.24, 2.45) is 0 Å². The van der Waals surface area contributed by atoms with Crippen molar-refractivity contribution in [3.8, 4) is 5.75 Å². The lowest BCUT2D eigenvalue weighted by atomic mass is 10.2. The van der Waals surface area contributed by atoms with Crippen LogP contribution in [0.25, 0.3) is 0 Å². The number of fused-ring (bicyclic) bond motifs is 1. The zero-order valence-electron chi connectivity index (χ0n) is 19.1. The minimum Gasteiger partial charge on any atom is -0.475 e. The highest BCUT2D eigenvalue weighted by atomic mass is 35.5. The molecule has 0 spiro atoms. The number of rotatable bonds is 7. The van der Waals surface area contributed by atoms with Gasteiger partial charge in [-0.2, -0.15) is 4.31 Å². The van der Waals surface area contributed by atoms with E-state index in [2.05, 4.69) is 0 Å². The van der Waals surface area contributed by atoms with Crippen LogP contribution >= 0.6 is 23.2 Å². The number of anilines is 1. The Hall–Kier alpha value is -3.11. The molecule has 0 fully saturated rings. The lowest BCUT2D eigenvalue weighted by Crippen LogP contribution is -2.50. The van der Waals surface area contributed by atoms with Gasteiger partial charge < -0.3 is 14.4 Å². The second-order valence-corrected chi connectivity index (χ2v) is 10.7. The average Bonchev–Trinajstić information content (AvgIpc) is 2.89. The molecule has 1 aliphatic heterocycles. The summed E-state index contributed by atoms with van der Waals surface area (Å²) < 4.78 is 38.9. The number of nitrogens with zero attached hydrogens (tertiary/aromatic N) is 2. The normalized spacial score (nSPS) is 15.2. The van der Waals surface area contributed by atoms with Crippen LogP contribution in [0.4, 0.5) is 5.69 Å². The van der Waals surface area contributed by atoms with E-state index < -0.39 is 34.5 Å². The Morgan fingerprint density at radius 2 is 1.75 bits per heavy atom. The maximum absolute atomic E-state index is 13.7. The number of methoxy groups -OCH3 is 1. The van der Waals surface area contributed by atoms with Crippen molar-refractivity contribution in [3.63, 3.8) is 0 Å². The van der Waals surface area contributed by atoms with Crippen LogP contribution in [0.15, 0.2) is 77.7 Å². The van der Waals surface area contributed by atoms with Gasteiger partial charge in [0.2, 0.25) is 22.0 Å². The first-order valence-electron chi connectivity index (χ1n) is 10.8. The van der Waals surface area contributed by atoms with Gasteiger partial charge >= 0.3 is 5.97 Å². The van der Waals surface area contributed by atoms with Gasteiger partial charge in [-0.3, -0.25) is 4.79 Å². The van der Waals surface area contributed by atoms with Crippen molar-refractivity contribution in [1.82, 2.24) is 4.31 Å². The quantitative estimate of drug-likeness (QED) is 0.411. The Morgan fingerprint density at radius 3 is 2.47 bits per heavy atom. The van der Waals surface area contributed by atoms with Gasteiger partial charge in [0.25, 0.3) is 0 Å². The van der Waals surface area contributed by atoms with E-state index >= 15 is 0 Å². The van der Waals surface area contributed by atoms with Gasteiger partial charge in [0.1, 0.15) is 10.6 Å². The molecule has 0 saturated heterocycles. The zero-order valence-corrected chi connectivity index (χ0v) is 21.5. The molecule has 1 unspecified atom stereocenters. The Bertz CT molecular complexity index is 1380. The maximum atomic E-state index is 13.7. The standard InChI is InChI=1S/C25H22Cl2N2O6S/c1-34-25(31)22-15-29(20-9-5-6-10-21(20)35-22)24(30)16-28(14-17-7-3-2-4-8-17)36(32,33)23-13-18(26)11-12-19(23)27/h2-13,22H,14-16H2,1H3. The highest BCUT2D eigenvalue weighted by Gasteiger charge is 2.37. The third-order valence-electron chi connectivity index (χ3n) is 5.56. The van der Waals surface area contributed by atoms with Crippen LogP contribution in [-0.2, 0) is 30.9 Å². The van der Waals surface area contributed by atoms with Gasteiger partial charge in [0.05, 0.1) is 30.9 Å². The highest BCUT2D eigenvalue weighted by molar-refractivity contribution is 7.89. The van der Waals surface area contributed by atoms with Crippen molar-refractivity contribution >= 4 is 50.8 Å². The summed E-state index contributed by atoms with van der Waals surface area (Å²) in [6.07, 6.45) is -1.06. The summed E-state index contributed by atoms with van der Waals surface area (Å²) in [6.45, 7) is -0.758. The molecule has 36 heavy (non-hydrogen) atoms. The molecular formula is C25H22Cl2N2O6S. The van der Waals surface area contributed by atoms with E-state index in [1.807, 2.05) is 0 Å². The number of hydrogen-bond acceptors (Lipinski definition) is 6. The van der Waals surface area contributed by atoms with E-state index in [-0.39, 0.29) is 28.0 Å². The molecule has 1 aliphatic rings. The minimum absolute atomic E-state index is 0.0209. The Balaban J connectivity index is 1.71. The molecule has 4 rings (SSSR count). The lowest BCUT2D eigenvalue weighted by Gasteiger charge is -2.34. The first kappa shape index (κ1) is 26.0. The van der Waals surface area contributed by atoms with Crippen LogP contribution in [-0.4, -0.2) is 50.9 Å². The maximum Gasteiger partial charge on any atom is 0.348 e. The topological polar surface area (TPSA) is 93.2 Å². The number of hydrogen-bond donors (Lipinski definition) is 0. The lowest BCUT2D eigenvalue weighted by molar-refractivity contribution is -0.148. The number of esters is 1. The smallest absolute Gasteiger partial charge is 0.348 e. The first-order chi connectivity index (χ1) is 17.2. The van der Waals surface area contributed by atoms with E-state index in [1.54, 1.807) is 54.6 Å². The number of carbonyl (C=O) groups excluding carboxylic acids is 2.